The van der Waals surface area contributed by atoms with Crippen LogP contribution in [0.3, 0.4) is 0 Å². The van der Waals surface area contributed by atoms with Gasteiger partial charge in [-0.15, -0.1) is 0 Å². The van der Waals surface area contributed by atoms with Crippen molar-refractivity contribution < 1.29 is 4.79 Å². The molecule has 1 amide bonds. The number of hydrogen-bond donors (Lipinski definition) is 1. The molecule has 3 aromatic rings. The van der Waals surface area contributed by atoms with Gasteiger partial charge in [-0.2, -0.15) is 5.10 Å². The summed E-state index contributed by atoms with van der Waals surface area (Å²) in [7, 11) is 0. The Balaban J connectivity index is 2.00. The average Bonchev–Trinajstić information content (AvgIpc) is 2.63. The van der Waals surface area contributed by atoms with Crippen LogP contribution in [0.2, 0.25) is 0 Å². The van der Waals surface area contributed by atoms with E-state index in [9.17, 15) is 9.59 Å². The lowest BCUT2D eigenvalue weighted by molar-refractivity contribution is -0.128. The summed E-state index contributed by atoms with van der Waals surface area (Å²) in [5.41, 5.74) is 0.756. The minimum atomic E-state index is -0.488. The lowest BCUT2D eigenvalue weighted by atomic mass is 9.95. The molecule has 0 aliphatic heterocycles. The fraction of sp³-hybridized carbons (Fsp3) is 0.300. The van der Waals surface area contributed by atoms with Gasteiger partial charge < -0.3 is 5.32 Å². The molecule has 0 atom stereocenters. The molecule has 2 heterocycles. The Morgan fingerprint density at radius 2 is 1.77 bits per heavy atom. The molecule has 26 heavy (non-hydrogen) atoms. The molecule has 0 aliphatic rings. The number of rotatable bonds is 4. The van der Waals surface area contributed by atoms with E-state index < -0.39 is 5.41 Å². The largest absolute Gasteiger partial charge is 0.350 e. The van der Waals surface area contributed by atoms with Crippen molar-refractivity contribution in [3.8, 4) is 0 Å². The third-order valence-electron chi connectivity index (χ3n) is 4.08. The van der Waals surface area contributed by atoms with Gasteiger partial charge in [-0.05, 0) is 18.2 Å². The summed E-state index contributed by atoms with van der Waals surface area (Å²) in [4.78, 5) is 29.2. The van der Waals surface area contributed by atoms with Crippen LogP contribution in [-0.4, -0.2) is 20.7 Å². The lowest BCUT2D eigenvalue weighted by Crippen LogP contribution is -2.35. The molecule has 0 unspecified atom stereocenters. The molecule has 1 N–H and O–H groups in total. The van der Waals surface area contributed by atoms with Crippen molar-refractivity contribution in [2.45, 2.75) is 33.9 Å². The zero-order chi connectivity index (χ0) is 18.7. The molecule has 3 rings (SSSR count). The molecular weight excluding hydrogens is 328 g/mol. The van der Waals surface area contributed by atoms with Crippen LogP contribution < -0.4 is 10.9 Å². The smallest absolute Gasteiger partial charge is 0.275 e. The normalized spacial score (nSPS) is 11.5. The van der Waals surface area contributed by atoms with Crippen LogP contribution in [0.25, 0.3) is 10.8 Å². The number of hydrogen-bond acceptors (Lipinski definition) is 4. The van der Waals surface area contributed by atoms with Crippen LogP contribution in [-0.2, 0) is 17.9 Å². The molecule has 6 nitrogen and oxygen atoms in total. The molecule has 0 aliphatic carbocycles. The van der Waals surface area contributed by atoms with Gasteiger partial charge in [-0.3, -0.25) is 14.6 Å². The van der Waals surface area contributed by atoms with Crippen molar-refractivity contribution >= 4 is 16.7 Å². The second-order valence-corrected chi connectivity index (χ2v) is 7.21. The molecule has 6 heteroatoms. The number of fused-ring (bicyclic) bond motifs is 1. The van der Waals surface area contributed by atoms with Gasteiger partial charge in [0.2, 0.25) is 5.91 Å². The Bertz CT molecular complexity index is 988. The number of carbonyl (C=O) groups excluding carboxylic acids is 1. The monoisotopic (exact) mass is 350 g/mol. The van der Waals surface area contributed by atoms with Crippen LogP contribution in [0.15, 0.2) is 53.5 Å². The molecular formula is C20H22N4O2. The first kappa shape index (κ1) is 17.8. The van der Waals surface area contributed by atoms with E-state index in [4.69, 9.17) is 0 Å². The Morgan fingerprint density at radius 1 is 1.08 bits per heavy atom. The molecule has 0 bridgehead atoms. The third-order valence-corrected chi connectivity index (χ3v) is 4.08. The zero-order valence-electron chi connectivity index (χ0n) is 15.2. The van der Waals surface area contributed by atoms with E-state index >= 15 is 0 Å². The molecule has 0 radical (unpaired) electrons. The summed E-state index contributed by atoms with van der Waals surface area (Å²) < 4.78 is 1.41. The Kier molecular flexibility index (Phi) is 4.84. The molecule has 2 aromatic heterocycles. The van der Waals surface area contributed by atoms with Gasteiger partial charge in [-0.25, -0.2) is 4.68 Å². The van der Waals surface area contributed by atoms with Crippen molar-refractivity contribution in [2.75, 3.05) is 0 Å². The van der Waals surface area contributed by atoms with Gasteiger partial charge in [0.1, 0.15) is 0 Å². The fourth-order valence-electron chi connectivity index (χ4n) is 2.62. The number of pyridine rings is 1. The maximum absolute atomic E-state index is 12.8. The Morgan fingerprint density at radius 3 is 2.42 bits per heavy atom. The van der Waals surface area contributed by atoms with E-state index in [1.165, 1.54) is 4.68 Å². The summed E-state index contributed by atoms with van der Waals surface area (Å²) in [6.07, 6.45) is 1.69. The highest BCUT2D eigenvalue weighted by Crippen LogP contribution is 2.16. The minimum absolute atomic E-state index is 0.0640. The summed E-state index contributed by atoms with van der Waals surface area (Å²) in [6.45, 7) is 6.12. The average molecular weight is 350 g/mol. The molecule has 0 spiro atoms. The number of nitrogens with one attached hydrogen (secondary N) is 1. The number of carbonyl (C=O) groups is 1. The van der Waals surface area contributed by atoms with Gasteiger partial charge in [0, 0.05) is 17.0 Å². The van der Waals surface area contributed by atoms with Crippen molar-refractivity contribution in [1.29, 1.82) is 0 Å². The maximum atomic E-state index is 12.8. The second kappa shape index (κ2) is 7.07. The van der Waals surface area contributed by atoms with Crippen molar-refractivity contribution in [2.24, 2.45) is 5.41 Å². The van der Waals surface area contributed by atoms with E-state index in [2.05, 4.69) is 15.4 Å². The first-order valence-electron chi connectivity index (χ1n) is 8.53. The second-order valence-electron chi connectivity index (χ2n) is 7.21. The van der Waals surface area contributed by atoms with Gasteiger partial charge in [-0.1, -0.05) is 45.0 Å². The number of aromatic nitrogens is 3. The predicted octanol–water partition coefficient (Wildman–Crippen LogP) is 2.50. The van der Waals surface area contributed by atoms with Crippen LogP contribution in [0.5, 0.6) is 0 Å². The summed E-state index contributed by atoms with van der Waals surface area (Å²) in [5.74, 6) is -0.0640. The SMILES string of the molecule is CC(C)(C)C(=O)NCc1nn(Cc2ccccn2)c(=O)c2ccccc12. The summed E-state index contributed by atoms with van der Waals surface area (Å²) >= 11 is 0. The summed E-state index contributed by atoms with van der Waals surface area (Å²) in [5, 5.41) is 8.74. The molecule has 0 saturated carbocycles. The Labute approximate surface area is 151 Å². The van der Waals surface area contributed by atoms with Crippen LogP contribution in [0.1, 0.15) is 32.2 Å². The van der Waals surface area contributed by atoms with Gasteiger partial charge >= 0.3 is 0 Å². The van der Waals surface area contributed by atoms with Gasteiger partial charge in [0.05, 0.1) is 29.9 Å². The van der Waals surface area contributed by atoms with Crippen molar-refractivity contribution in [1.82, 2.24) is 20.1 Å². The molecule has 134 valence electrons. The first-order chi connectivity index (χ1) is 12.4. The maximum Gasteiger partial charge on any atom is 0.275 e. The highest BCUT2D eigenvalue weighted by Gasteiger charge is 2.21. The first-order valence-corrected chi connectivity index (χ1v) is 8.53. The predicted molar refractivity (Wildman–Crippen MR) is 101 cm³/mol. The van der Waals surface area contributed by atoms with E-state index in [0.717, 1.165) is 11.1 Å². The number of nitrogens with zero attached hydrogens (tertiary/aromatic N) is 3. The Hall–Kier alpha value is -3.02. The van der Waals surface area contributed by atoms with E-state index in [-0.39, 0.29) is 24.6 Å². The summed E-state index contributed by atoms with van der Waals surface area (Å²) in [6, 6.07) is 12.9. The fourth-order valence-corrected chi connectivity index (χ4v) is 2.62. The molecule has 1 aromatic carbocycles. The quantitative estimate of drug-likeness (QED) is 0.784. The van der Waals surface area contributed by atoms with E-state index in [1.807, 2.05) is 57.2 Å². The molecule has 0 fully saturated rings. The minimum Gasteiger partial charge on any atom is -0.350 e. The van der Waals surface area contributed by atoms with Gasteiger partial charge in [0.15, 0.2) is 0 Å². The van der Waals surface area contributed by atoms with Crippen LogP contribution in [0.4, 0.5) is 0 Å². The van der Waals surface area contributed by atoms with Crippen molar-refractivity contribution in [3.05, 3.63) is 70.4 Å². The third kappa shape index (κ3) is 3.79. The highest BCUT2D eigenvalue weighted by atomic mass is 16.2. The lowest BCUT2D eigenvalue weighted by Gasteiger charge is -2.18. The standard InChI is InChI=1S/C20H22N4O2/c1-20(2,3)19(26)22-12-17-15-9-4-5-10-16(15)18(25)24(23-17)13-14-8-6-7-11-21-14/h4-11H,12-13H2,1-3H3,(H,22,26). The highest BCUT2D eigenvalue weighted by molar-refractivity contribution is 5.85. The zero-order valence-corrected chi connectivity index (χ0v) is 15.2. The van der Waals surface area contributed by atoms with Gasteiger partial charge in [0.25, 0.3) is 5.56 Å². The topological polar surface area (TPSA) is 76.9 Å². The molecule has 0 saturated heterocycles. The van der Waals surface area contributed by atoms with E-state index in [1.54, 1.807) is 12.3 Å². The number of benzene rings is 1. The van der Waals surface area contributed by atoms with Crippen molar-refractivity contribution in [3.63, 3.8) is 0 Å². The van der Waals surface area contributed by atoms with Crippen LogP contribution in [0, 0.1) is 5.41 Å². The van der Waals surface area contributed by atoms with E-state index in [0.29, 0.717) is 11.1 Å². The van der Waals surface area contributed by atoms with Crippen LogP contribution >= 0.6 is 0 Å². The number of amides is 1.